The zero-order chi connectivity index (χ0) is 10.8. The summed E-state index contributed by atoms with van der Waals surface area (Å²) in [6.07, 6.45) is 3.97. The van der Waals surface area contributed by atoms with E-state index in [0.29, 0.717) is 29.2 Å². The van der Waals surface area contributed by atoms with Crippen LogP contribution >= 0.6 is 12.2 Å². The lowest BCUT2D eigenvalue weighted by Crippen LogP contribution is -2.25. The Morgan fingerprint density at radius 3 is 3.00 bits per heavy atom. The molecular weight excluding hydrogens is 212 g/mol. The van der Waals surface area contributed by atoms with Crippen molar-refractivity contribution in [2.45, 2.75) is 6.42 Å². The van der Waals surface area contributed by atoms with Crippen LogP contribution in [0.5, 0.6) is 0 Å². The van der Waals surface area contributed by atoms with Crippen molar-refractivity contribution in [3.05, 3.63) is 23.3 Å². The number of nitrogens with one attached hydrogen (secondary N) is 1. The summed E-state index contributed by atoms with van der Waals surface area (Å²) in [7, 11) is 0. The van der Waals surface area contributed by atoms with Gasteiger partial charge in [-0.3, -0.25) is 4.99 Å². The third kappa shape index (κ3) is 1.97. The highest BCUT2D eigenvalue weighted by molar-refractivity contribution is 7.80. The topological polar surface area (TPSA) is 61.7 Å². The number of amidine groups is 1. The molecule has 4 nitrogen and oxygen atoms in total. The van der Waals surface area contributed by atoms with E-state index in [0.717, 1.165) is 6.54 Å². The van der Waals surface area contributed by atoms with Crippen LogP contribution < -0.4 is 5.32 Å². The second-order valence-corrected chi connectivity index (χ2v) is 3.83. The fraction of sp³-hybridized carbons (Fsp3) is 0.300. The first-order valence-electron chi connectivity index (χ1n) is 4.65. The van der Waals surface area contributed by atoms with Gasteiger partial charge in [-0.25, -0.2) is 4.79 Å². The van der Waals surface area contributed by atoms with E-state index in [9.17, 15) is 4.79 Å². The monoisotopic (exact) mass is 222 g/mol. The minimum absolute atomic E-state index is 0.236. The first kappa shape index (κ1) is 10.0. The van der Waals surface area contributed by atoms with Crippen molar-refractivity contribution in [3.8, 4) is 0 Å². The van der Waals surface area contributed by atoms with Crippen molar-refractivity contribution in [3.63, 3.8) is 0 Å². The second-order valence-electron chi connectivity index (χ2n) is 3.31. The van der Waals surface area contributed by atoms with Crippen molar-refractivity contribution in [2.75, 3.05) is 13.1 Å². The Kier molecular flexibility index (Phi) is 2.64. The Morgan fingerprint density at radius 2 is 2.40 bits per heavy atom. The van der Waals surface area contributed by atoms with Crippen molar-refractivity contribution in [1.82, 2.24) is 5.32 Å². The molecule has 0 fully saturated rings. The molecule has 0 saturated carbocycles. The maximum absolute atomic E-state index is 11.0. The van der Waals surface area contributed by atoms with Crippen LogP contribution in [-0.4, -0.2) is 34.9 Å². The predicted octanol–water partition coefficient (Wildman–Crippen LogP) is 0.699. The summed E-state index contributed by atoms with van der Waals surface area (Å²) in [4.78, 5) is 15.9. The van der Waals surface area contributed by atoms with Crippen LogP contribution in [-0.2, 0) is 4.79 Å². The van der Waals surface area contributed by atoms with Crippen LogP contribution in [0.2, 0.25) is 0 Å². The third-order valence-electron chi connectivity index (χ3n) is 2.26. The summed E-state index contributed by atoms with van der Waals surface area (Å²) in [6, 6.07) is 0. The van der Waals surface area contributed by atoms with E-state index in [4.69, 9.17) is 17.3 Å². The average molecular weight is 222 g/mol. The number of aliphatic carboxylic acids is 1. The highest BCUT2D eigenvalue weighted by atomic mass is 32.1. The summed E-state index contributed by atoms with van der Waals surface area (Å²) in [5.74, 6) is -0.286. The van der Waals surface area contributed by atoms with E-state index >= 15 is 0 Å². The van der Waals surface area contributed by atoms with Crippen LogP contribution in [0.15, 0.2) is 28.3 Å². The largest absolute Gasteiger partial charge is 0.478 e. The number of hydrogen-bond acceptors (Lipinski definition) is 4. The van der Waals surface area contributed by atoms with Gasteiger partial charge in [0.25, 0.3) is 0 Å². The molecule has 78 valence electrons. The number of carboxylic acids is 1. The molecule has 1 aliphatic carbocycles. The Labute approximate surface area is 92.4 Å². The van der Waals surface area contributed by atoms with Crippen molar-refractivity contribution >= 4 is 28.9 Å². The smallest absolute Gasteiger partial charge is 0.336 e. The molecule has 2 rings (SSSR count). The Balaban J connectivity index is 2.34. The summed E-state index contributed by atoms with van der Waals surface area (Å²) in [5.41, 5.74) is 0.896. The number of carbonyl (C=O) groups is 1. The Bertz CT molecular complexity index is 421. The maximum atomic E-state index is 11.0. The average Bonchev–Trinajstić information content (AvgIpc) is 2.70. The van der Waals surface area contributed by atoms with Crippen LogP contribution in [0, 0.1) is 0 Å². The van der Waals surface area contributed by atoms with E-state index in [1.807, 2.05) is 6.08 Å². The van der Waals surface area contributed by atoms with Crippen LogP contribution in [0.1, 0.15) is 6.42 Å². The molecule has 0 aromatic rings. The number of carboxylic acid groups (broad SMARTS) is 1. The molecule has 0 bridgehead atoms. The summed E-state index contributed by atoms with van der Waals surface area (Å²) in [5, 5.41) is 12.1. The maximum Gasteiger partial charge on any atom is 0.336 e. The Morgan fingerprint density at radius 1 is 1.60 bits per heavy atom. The van der Waals surface area contributed by atoms with Gasteiger partial charge < -0.3 is 10.4 Å². The number of aliphatic imine (C=N–C) groups is 1. The van der Waals surface area contributed by atoms with Gasteiger partial charge in [0.15, 0.2) is 0 Å². The minimum atomic E-state index is -0.959. The zero-order valence-corrected chi connectivity index (χ0v) is 8.80. The number of allylic oxidation sites excluding steroid dienone is 2. The summed E-state index contributed by atoms with van der Waals surface area (Å²) < 4.78 is 0. The molecule has 0 atom stereocenters. The van der Waals surface area contributed by atoms with Gasteiger partial charge >= 0.3 is 5.97 Å². The van der Waals surface area contributed by atoms with Gasteiger partial charge in [0.2, 0.25) is 0 Å². The van der Waals surface area contributed by atoms with E-state index < -0.39 is 5.97 Å². The van der Waals surface area contributed by atoms with Crippen molar-refractivity contribution in [2.24, 2.45) is 4.99 Å². The van der Waals surface area contributed by atoms with E-state index in [2.05, 4.69) is 10.3 Å². The molecule has 2 aliphatic rings. The van der Waals surface area contributed by atoms with Gasteiger partial charge in [-0.15, -0.1) is 0 Å². The molecule has 0 unspecified atom stereocenters. The van der Waals surface area contributed by atoms with Crippen LogP contribution in [0.4, 0.5) is 0 Å². The molecular formula is C10H10N2O2S. The molecule has 0 saturated heterocycles. The molecule has 0 aromatic carbocycles. The van der Waals surface area contributed by atoms with Gasteiger partial charge in [0.1, 0.15) is 5.84 Å². The molecule has 0 amide bonds. The number of nitrogens with zero attached hydrogens (tertiary/aromatic N) is 1. The van der Waals surface area contributed by atoms with E-state index in [-0.39, 0.29) is 5.57 Å². The van der Waals surface area contributed by atoms with E-state index in [1.165, 1.54) is 6.08 Å². The molecule has 0 radical (unpaired) electrons. The van der Waals surface area contributed by atoms with Gasteiger partial charge in [-0.1, -0.05) is 18.3 Å². The lowest BCUT2D eigenvalue weighted by atomic mass is 9.97. The molecule has 5 heteroatoms. The fourth-order valence-electron chi connectivity index (χ4n) is 1.59. The summed E-state index contributed by atoms with van der Waals surface area (Å²) >= 11 is 4.99. The van der Waals surface area contributed by atoms with Gasteiger partial charge in [0.05, 0.1) is 12.1 Å². The fourth-order valence-corrected chi connectivity index (χ4v) is 1.79. The predicted molar refractivity (Wildman–Crippen MR) is 61.3 cm³/mol. The van der Waals surface area contributed by atoms with E-state index in [1.54, 1.807) is 0 Å². The SMILES string of the molecule is O=C(O)C1=CC(=S)CC=C1C1=NCCN1. The normalized spacial score (nSPS) is 20.3. The van der Waals surface area contributed by atoms with Crippen LogP contribution in [0.25, 0.3) is 0 Å². The molecule has 0 aromatic heterocycles. The highest BCUT2D eigenvalue weighted by Crippen LogP contribution is 2.19. The van der Waals surface area contributed by atoms with Crippen LogP contribution in [0.3, 0.4) is 0 Å². The minimum Gasteiger partial charge on any atom is -0.478 e. The van der Waals surface area contributed by atoms with Gasteiger partial charge in [-0.05, 0) is 6.08 Å². The quantitative estimate of drug-likeness (QED) is 0.675. The number of hydrogen-bond donors (Lipinski definition) is 2. The molecule has 2 N–H and O–H groups in total. The third-order valence-corrected chi connectivity index (χ3v) is 2.55. The first-order valence-corrected chi connectivity index (χ1v) is 5.06. The molecule has 1 heterocycles. The molecule has 1 aliphatic heterocycles. The van der Waals surface area contributed by atoms with Gasteiger partial charge in [-0.2, -0.15) is 0 Å². The second kappa shape index (κ2) is 3.94. The van der Waals surface area contributed by atoms with Crippen molar-refractivity contribution in [1.29, 1.82) is 0 Å². The first-order chi connectivity index (χ1) is 7.18. The molecule has 0 spiro atoms. The zero-order valence-electron chi connectivity index (χ0n) is 7.99. The number of thiocarbonyl (C=S) groups is 1. The van der Waals surface area contributed by atoms with Gasteiger partial charge in [0, 0.05) is 23.4 Å². The standard InChI is InChI=1S/C10H10N2O2S/c13-10(14)8-5-6(15)1-2-7(8)9-11-3-4-12-9/h2,5H,1,3-4H2,(H,11,12)(H,13,14). The molecule has 15 heavy (non-hydrogen) atoms. The lowest BCUT2D eigenvalue weighted by molar-refractivity contribution is -0.132. The number of rotatable bonds is 2. The highest BCUT2D eigenvalue weighted by Gasteiger charge is 2.23. The lowest BCUT2D eigenvalue weighted by Gasteiger charge is -2.13. The Hall–Kier alpha value is -1.49. The van der Waals surface area contributed by atoms with Crippen molar-refractivity contribution < 1.29 is 9.90 Å². The summed E-state index contributed by atoms with van der Waals surface area (Å²) in [6.45, 7) is 1.47.